The number of likely N-dealkylation sites (tertiary alicyclic amines) is 1. The van der Waals surface area contributed by atoms with Crippen molar-refractivity contribution < 1.29 is 4.79 Å². The Balaban J connectivity index is 1.77. The molecule has 1 aliphatic carbocycles. The van der Waals surface area contributed by atoms with Crippen LogP contribution in [0.4, 0.5) is 4.79 Å². The van der Waals surface area contributed by atoms with Gasteiger partial charge < -0.3 is 10.2 Å². The van der Waals surface area contributed by atoms with Gasteiger partial charge in [-0.15, -0.1) is 0 Å². The fourth-order valence-corrected chi connectivity index (χ4v) is 2.82. The summed E-state index contributed by atoms with van der Waals surface area (Å²) < 4.78 is 0. The van der Waals surface area contributed by atoms with E-state index in [1.54, 1.807) is 0 Å². The monoisotopic (exact) mass is 224 g/mol. The van der Waals surface area contributed by atoms with Gasteiger partial charge in [-0.1, -0.05) is 19.8 Å². The van der Waals surface area contributed by atoms with Gasteiger partial charge in [0.2, 0.25) is 0 Å². The third-order valence-electron chi connectivity index (χ3n) is 3.98. The SMILES string of the molecule is CC1CCCC(NC(=O)N2CCCC2)CC1. The van der Waals surface area contributed by atoms with Crippen molar-refractivity contribution in [2.75, 3.05) is 13.1 Å². The second-order valence-electron chi connectivity index (χ2n) is 5.45. The number of urea groups is 1. The number of hydrogen-bond acceptors (Lipinski definition) is 1. The summed E-state index contributed by atoms with van der Waals surface area (Å²) in [6, 6.07) is 0.607. The van der Waals surface area contributed by atoms with Gasteiger partial charge in [0, 0.05) is 19.1 Å². The molecule has 1 N–H and O–H groups in total. The lowest BCUT2D eigenvalue weighted by Crippen LogP contribution is -2.43. The van der Waals surface area contributed by atoms with E-state index in [2.05, 4.69) is 12.2 Å². The molecule has 2 fully saturated rings. The van der Waals surface area contributed by atoms with Gasteiger partial charge in [-0.2, -0.15) is 0 Å². The molecule has 3 nitrogen and oxygen atoms in total. The fraction of sp³-hybridized carbons (Fsp3) is 0.923. The molecule has 2 aliphatic rings. The minimum Gasteiger partial charge on any atom is -0.335 e. The Kier molecular flexibility index (Phi) is 4.08. The molecule has 0 aromatic heterocycles. The molecule has 1 aliphatic heterocycles. The molecule has 92 valence electrons. The topological polar surface area (TPSA) is 32.3 Å². The van der Waals surface area contributed by atoms with Crippen LogP contribution in [0.25, 0.3) is 0 Å². The molecule has 0 radical (unpaired) electrons. The molecule has 2 atom stereocenters. The Labute approximate surface area is 98.6 Å². The van der Waals surface area contributed by atoms with Crippen LogP contribution in [0, 0.1) is 5.92 Å². The van der Waals surface area contributed by atoms with E-state index in [1.165, 1.54) is 44.9 Å². The van der Waals surface area contributed by atoms with Crippen molar-refractivity contribution >= 4 is 6.03 Å². The van der Waals surface area contributed by atoms with Crippen LogP contribution in [-0.2, 0) is 0 Å². The number of carbonyl (C=O) groups excluding carboxylic acids is 1. The number of rotatable bonds is 1. The highest BCUT2D eigenvalue weighted by atomic mass is 16.2. The van der Waals surface area contributed by atoms with Crippen molar-refractivity contribution in [1.29, 1.82) is 0 Å². The average molecular weight is 224 g/mol. The van der Waals surface area contributed by atoms with Crippen molar-refractivity contribution in [2.45, 2.75) is 57.9 Å². The summed E-state index contributed by atoms with van der Waals surface area (Å²) in [4.78, 5) is 13.9. The van der Waals surface area contributed by atoms with Gasteiger partial charge in [0.05, 0.1) is 0 Å². The summed E-state index contributed by atoms with van der Waals surface area (Å²) in [6.45, 7) is 4.23. The van der Waals surface area contributed by atoms with Crippen LogP contribution in [0.15, 0.2) is 0 Å². The van der Waals surface area contributed by atoms with Crippen molar-refractivity contribution in [2.24, 2.45) is 5.92 Å². The first-order valence-corrected chi connectivity index (χ1v) is 6.81. The molecule has 0 aromatic carbocycles. The lowest BCUT2D eigenvalue weighted by molar-refractivity contribution is 0.203. The van der Waals surface area contributed by atoms with E-state index >= 15 is 0 Å². The third-order valence-corrected chi connectivity index (χ3v) is 3.98. The zero-order valence-corrected chi connectivity index (χ0v) is 10.4. The quantitative estimate of drug-likeness (QED) is 0.682. The predicted molar refractivity (Wildman–Crippen MR) is 65.4 cm³/mol. The smallest absolute Gasteiger partial charge is 0.317 e. The maximum atomic E-state index is 11.9. The normalized spacial score (nSPS) is 31.2. The lowest BCUT2D eigenvalue weighted by atomic mass is 10.0. The second kappa shape index (κ2) is 5.55. The van der Waals surface area contributed by atoms with Crippen molar-refractivity contribution in [3.8, 4) is 0 Å². The number of carbonyl (C=O) groups is 1. The van der Waals surface area contributed by atoms with Crippen LogP contribution in [-0.4, -0.2) is 30.1 Å². The Morgan fingerprint density at radius 2 is 1.81 bits per heavy atom. The molecule has 1 heterocycles. The van der Waals surface area contributed by atoms with Gasteiger partial charge in [0.1, 0.15) is 0 Å². The van der Waals surface area contributed by atoms with Crippen LogP contribution in [0.5, 0.6) is 0 Å². The van der Waals surface area contributed by atoms with E-state index in [-0.39, 0.29) is 6.03 Å². The average Bonchev–Trinajstić information content (AvgIpc) is 2.72. The number of amides is 2. The van der Waals surface area contributed by atoms with Crippen molar-refractivity contribution in [3.63, 3.8) is 0 Å². The van der Waals surface area contributed by atoms with E-state index in [0.29, 0.717) is 6.04 Å². The van der Waals surface area contributed by atoms with Crippen LogP contribution in [0.1, 0.15) is 51.9 Å². The first kappa shape index (κ1) is 11.7. The minimum absolute atomic E-state index is 0.178. The largest absolute Gasteiger partial charge is 0.335 e. The molecular formula is C13H24N2O. The Morgan fingerprint density at radius 1 is 1.06 bits per heavy atom. The van der Waals surface area contributed by atoms with Crippen molar-refractivity contribution in [1.82, 2.24) is 10.2 Å². The molecule has 1 saturated carbocycles. The molecule has 2 rings (SSSR count). The minimum atomic E-state index is 0.178. The summed E-state index contributed by atoms with van der Waals surface area (Å²) in [6.07, 6.45) is 8.56. The highest BCUT2D eigenvalue weighted by Gasteiger charge is 2.22. The van der Waals surface area contributed by atoms with Gasteiger partial charge >= 0.3 is 6.03 Å². The van der Waals surface area contributed by atoms with Gasteiger partial charge in [0.15, 0.2) is 0 Å². The van der Waals surface area contributed by atoms with Gasteiger partial charge in [-0.05, 0) is 38.0 Å². The summed E-state index contributed by atoms with van der Waals surface area (Å²) >= 11 is 0. The molecule has 1 saturated heterocycles. The number of hydrogen-bond donors (Lipinski definition) is 1. The van der Waals surface area contributed by atoms with E-state index in [9.17, 15) is 4.79 Å². The van der Waals surface area contributed by atoms with Crippen molar-refractivity contribution in [3.05, 3.63) is 0 Å². The molecule has 0 spiro atoms. The number of nitrogens with one attached hydrogen (secondary N) is 1. The van der Waals surface area contributed by atoms with E-state index in [1.807, 2.05) is 4.90 Å². The lowest BCUT2D eigenvalue weighted by Gasteiger charge is -2.22. The highest BCUT2D eigenvalue weighted by Crippen LogP contribution is 2.22. The maximum absolute atomic E-state index is 11.9. The maximum Gasteiger partial charge on any atom is 0.317 e. The zero-order valence-electron chi connectivity index (χ0n) is 10.4. The fourth-order valence-electron chi connectivity index (χ4n) is 2.82. The van der Waals surface area contributed by atoms with E-state index < -0.39 is 0 Å². The standard InChI is InChI=1S/C13H24N2O/c1-11-5-4-6-12(8-7-11)14-13(16)15-9-2-3-10-15/h11-12H,2-10H2,1H3,(H,14,16). The Morgan fingerprint density at radius 3 is 2.56 bits per heavy atom. The molecule has 3 heteroatoms. The molecule has 2 amide bonds. The van der Waals surface area contributed by atoms with Gasteiger partial charge in [-0.25, -0.2) is 4.79 Å². The van der Waals surface area contributed by atoms with Gasteiger partial charge in [0.25, 0.3) is 0 Å². The summed E-state index contributed by atoms with van der Waals surface area (Å²) in [5.41, 5.74) is 0. The van der Waals surface area contributed by atoms with Gasteiger partial charge in [-0.3, -0.25) is 0 Å². The molecular weight excluding hydrogens is 200 g/mol. The first-order chi connectivity index (χ1) is 7.75. The van der Waals surface area contributed by atoms with Crippen LogP contribution in [0.3, 0.4) is 0 Å². The van der Waals surface area contributed by atoms with E-state index in [4.69, 9.17) is 0 Å². The third kappa shape index (κ3) is 3.13. The Bertz CT molecular complexity index is 236. The Hall–Kier alpha value is -0.730. The second-order valence-corrected chi connectivity index (χ2v) is 5.45. The number of nitrogens with zero attached hydrogens (tertiary/aromatic N) is 1. The summed E-state index contributed by atoms with van der Waals surface area (Å²) in [5, 5.41) is 3.21. The van der Waals surface area contributed by atoms with E-state index in [0.717, 1.165) is 19.0 Å². The van der Waals surface area contributed by atoms with Crippen LogP contribution in [0.2, 0.25) is 0 Å². The predicted octanol–water partition coefficient (Wildman–Crippen LogP) is 2.76. The highest BCUT2D eigenvalue weighted by molar-refractivity contribution is 5.74. The van der Waals surface area contributed by atoms with Crippen LogP contribution >= 0.6 is 0 Å². The molecule has 2 unspecified atom stereocenters. The molecule has 0 aromatic rings. The summed E-state index contributed by atoms with van der Waals surface area (Å²) in [5.74, 6) is 0.841. The molecule has 16 heavy (non-hydrogen) atoms. The first-order valence-electron chi connectivity index (χ1n) is 6.81. The summed E-state index contributed by atoms with van der Waals surface area (Å²) in [7, 11) is 0. The van der Waals surface area contributed by atoms with Crippen LogP contribution < -0.4 is 5.32 Å². The molecule has 0 bridgehead atoms. The zero-order chi connectivity index (χ0) is 11.4.